The molecule has 0 aliphatic carbocycles. The predicted octanol–water partition coefficient (Wildman–Crippen LogP) is 3.51. The Morgan fingerprint density at radius 3 is 2.65 bits per heavy atom. The first kappa shape index (κ1) is 15.7. The molecule has 0 bridgehead atoms. The maximum Gasteiger partial charge on any atom is 0.296 e. The molecule has 0 spiro atoms. The van der Waals surface area contributed by atoms with Crippen LogP contribution in [0.1, 0.15) is 19.4 Å². The van der Waals surface area contributed by atoms with Gasteiger partial charge in [0.05, 0.1) is 11.1 Å². The highest BCUT2D eigenvalue weighted by atomic mass is 35.5. The van der Waals surface area contributed by atoms with Crippen LogP contribution >= 0.6 is 11.6 Å². The summed E-state index contributed by atoms with van der Waals surface area (Å²) in [6.07, 6.45) is 2.19. The highest BCUT2D eigenvalue weighted by Gasteiger charge is 2.22. The number of nitrogens with zero attached hydrogens (tertiary/aromatic N) is 3. The van der Waals surface area contributed by atoms with Crippen molar-refractivity contribution in [3.8, 4) is 17.1 Å². The van der Waals surface area contributed by atoms with Gasteiger partial charge in [-0.25, -0.2) is 9.37 Å². The molecule has 1 atom stereocenters. The number of nitrogens with two attached hydrogens (primary N) is 1. The van der Waals surface area contributed by atoms with E-state index >= 15 is 0 Å². The van der Waals surface area contributed by atoms with Crippen LogP contribution in [0.5, 0.6) is 6.01 Å². The number of halogens is 2. The van der Waals surface area contributed by atoms with Gasteiger partial charge in [0.15, 0.2) is 5.65 Å². The van der Waals surface area contributed by atoms with E-state index < -0.39 is 0 Å². The fourth-order valence-electron chi connectivity index (χ4n) is 2.72. The third kappa shape index (κ3) is 2.64. The molecule has 0 saturated carbocycles. The quantitative estimate of drug-likeness (QED) is 0.765. The van der Waals surface area contributed by atoms with Crippen LogP contribution < -0.4 is 5.73 Å². The largest absolute Gasteiger partial charge is 0.480 e. The lowest BCUT2D eigenvalue weighted by atomic mass is 10.1. The molecule has 0 unspecified atom stereocenters. The Morgan fingerprint density at radius 1 is 1.35 bits per heavy atom. The molecule has 3 rings (SSSR count). The van der Waals surface area contributed by atoms with Crippen molar-refractivity contribution in [2.75, 3.05) is 6.54 Å². The standard InChI is InChI=1S/C16H16ClFN4O/c1-2-11(7-19)22-14-13(9-3-5-10(18)6-4-9)12(17)8-20-15(14)21-16(22)23/h3-6,8,11H,2,7,19H2,1H3,(H,20,21,23)/t11-/m0/s1. The minimum absolute atomic E-state index is 0.139. The lowest BCUT2D eigenvalue weighted by molar-refractivity contribution is 0.369. The molecule has 3 N–H and O–H groups in total. The molecule has 2 heterocycles. The third-order valence-electron chi connectivity index (χ3n) is 3.89. The van der Waals surface area contributed by atoms with Crippen molar-refractivity contribution in [3.63, 3.8) is 0 Å². The van der Waals surface area contributed by atoms with Gasteiger partial charge in [-0.2, -0.15) is 4.98 Å². The van der Waals surface area contributed by atoms with Crippen molar-refractivity contribution in [1.29, 1.82) is 0 Å². The van der Waals surface area contributed by atoms with Crippen LogP contribution in [0.3, 0.4) is 0 Å². The second-order valence-electron chi connectivity index (χ2n) is 5.24. The van der Waals surface area contributed by atoms with E-state index in [1.54, 1.807) is 16.7 Å². The zero-order valence-corrected chi connectivity index (χ0v) is 13.3. The number of pyridine rings is 1. The minimum Gasteiger partial charge on any atom is -0.480 e. The van der Waals surface area contributed by atoms with Gasteiger partial charge in [0.25, 0.3) is 6.01 Å². The maximum absolute atomic E-state index is 13.2. The summed E-state index contributed by atoms with van der Waals surface area (Å²) in [6, 6.07) is 5.69. The van der Waals surface area contributed by atoms with Crippen molar-refractivity contribution in [2.24, 2.45) is 5.73 Å². The first-order valence-electron chi connectivity index (χ1n) is 7.28. The summed E-state index contributed by atoms with van der Waals surface area (Å²) in [5.41, 5.74) is 8.16. The number of benzene rings is 1. The highest BCUT2D eigenvalue weighted by Crippen LogP contribution is 2.37. The molecule has 0 aliphatic heterocycles. The SMILES string of the molecule is CC[C@@H](CN)n1c(O)nc2ncc(Cl)c(-c3ccc(F)cc3)c21. The van der Waals surface area contributed by atoms with E-state index in [0.29, 0.717) is 34.7 Å². The second kappa shape index (κ2) is 6.14. The summed E-state index contributed by atoms with van der Waals surface area (Å²) in [7, 11) is 0. The smallest absolute Gasteiger partial charge is 0.296 e. The molecule has 0 saturated heterocycles. The summed E-state index contributed by atoms with van der Waals surface area (Å²) in [6.45, 7) is 2.31. The molecule has 23 heavy (non-hydrogen) atoms. The molecule has 0 aliphatic rings. The van der Waals surface area contributed by atoms with Gasteiger partial charge in [-0.1, -0.05) is 30.7 Å². The molecule has 7 heteroatoms. The number of aromatic nitrogens is 3. The second-order valence-corrected chi connectivity index (χ2v) is 5.65. The van der Waals surface area contributed by atoms with Crippen molar-refractivity contribution < 1.29 is 9.50 Å². The normalized spacial score (nSPS) is 12.7. The summed E-state index contributed by atoms with van der Waals surface area (Å²) in [5, 5.41) is 10.6. The number of imidazole rings is 1. The van der Waals surface area contributed by atoms with Crippen LogP contribution in [0, 0.1) is 5.82 Å². The van der Waals surface area contributed by atoms with Crippen LogP contribution in [-0.2, 0) is 0 Å². The van der Waals surface area contributed by atoms with E-state index in [2.05, 4.69) is 9.97 Å². The van der Waals surface area contributed by atoms with Crippen molar-refractivity contribution in [2.45, 2.75) is 19.4 Å². The topological polar surface area (TPSA) is 77.0 Å². The van der Waals surface area contributed by atoms with Crippen LogP contribution in [0.25, 0.3) is 22.3 Å². The molecule has 0 amide bonds. The van der Waals surface area contributed by atoms with Gasteiger partial charge in [-0.3, -0.25) is 4.57 Å². The molecule has 120 valence electrons. The van der Waals surface area contributed by atoms with Crippen LogP contribution in [0.15, 0.2) is 30.5 Å². The summed E-state index contributed by atoms with van der Waals surface area (Å²) in [5.74, 6) is -0.333. The summed E-state index contributed by atoms with van der Waals surface area (Å²) >= 11 is 6.34. The number of aromatic hydroxyl groups is 1. The van der Waals surface area contributed by atoms with E-state index in [4.69, 9.17) is 17.3 Å². The van der Waals surface area contributed by atoms with Crippen LogP contribution in [0.2, 0.25) is 5.02 Å². The average molecular weight is 335 g/mol. The Kier molecular flexibility index (Phi) is 4.19. The fourth-order valence-corrected chi connectivity index (χ4v) is 2.97. The molecule has 0 fully saturated rings. The molecule has 2 aromatic heterocycles. The van der Waals surface area contributed by atoms with E-state index in [1.807, 2.05) is 6.92 Å². The first-order chi connectivity index (χ1) is 11.1. The van der Waals surface area contributed by atoms with Crippen LogP contribution in [-0.4, -0.2) is 26.2 Å². The third-order valence-corrected chi connectivity index (χ3v) is 4.18. The number of rotatable bonds is 4. The van der Waals surface area contributed by atoms with E-state index in [1.165, 1.54) is 18.3 Å². The minimum atomic E-state index is -0.333. The molecular weight excluding hydrogens is 319 g/mol. The van der Waals surface area contributed by atoms with E-state index in [9.17, 15) is 9.50 Å². The lowest BCUT2D eigenvalue weighted by Gasteiger charge is -2.18. The Morgan fingerprint density at radius 2 is 2.04 bits per heavy atom. The van der Waals surface area contributed by atoms with Crippen LogP contribution in [0.4, 0.5) is 4.39 Å². The zero-order chi connectivity index (χ0) is 16.6. The Labute approximate surface area is 137 Å². The Balaban J connectivity index is 2.36. The number of hydrogen-bond donors (Lipinski definition) is 2. The van der Waals surface area contributed by atoms with Gasteiger partial charge in [0, 0.05) is 18.3 Å². The van der Waals surface area contributed by atoms with Gasteiger partial charge in [0.1, 0.15) is 11.3 Å². The molecule has 0 radical (unpaired) electrons. The number of fused-ring (bicyclic) bond motifs is 1. The van der Waals surface area contributed by atoms with Gasteiger partial charge in [-0.05, 0) is 24.1 Å². The van der Waals surface area contributed by atoms with Gasteiger partial charge >= 0.3 is 0 Å². The monoisotopic (exact) mass is 334 g/mol. The average Bonchev–Trinajstić information content (AvgIpc) is 2.87. The van der Waals surface area contributed by atoms with Gasteiger partial charge in [0.2, 0.25) is 0 Å². The first-order valence-corrected chi connectivity index (χ1v) is 7.66. The Bertz CT molecular complexity index is 843. The highest BCUT2D eigenvalue weighted by molar-refractivity contribution is 6.34. The van der Waals surface area contributed by atoms with Crippen molar-refractivity contribution in [1.82, 2.24) is 14.5 Å². The molecular formula is C16H16ClFN4O. The Hall–Kier alpha value is -2.18. The lowest BCUT2D eigenvalue weighted by Crippen LogP contribution is -2.18. The molecule has 1 aromatic carbocycles. The van der Waals surface area contributed by atoms with Gasteiger partial charge in [-0.15, -0.1) is 0 Å². The predicted molar refractivity (Wildman–Crippen MR) is 88.0 cm³/mol. The maximum atomic E-state index is 13.2. The molecule has 5 nitrogen and oxygen atoms in total. The number of hydrogen-bond acceptors (Lipinski definition) is 4. The molecule has 3 aromatic rings. The fraction of sp³-hybridized carbons (Fsp3) is 0.250. The van der Waals surface area contributed by atoms with Crippen molar-refractivity contribution in [3.05, 3.63) is 41.3 Å². The zero-order valence-electron chi connectivity index (χ0n) is 12.5. The van der Waals surface area contributed by atoms with E-state index in [0.717, 1.165) is 5.56 Å². The van der Waals surface area contributed by atoms with Gasteiger partial charge < -0.3 is 10.8 Å². The summed E-state index contributed by atoms with van der Waals surface area (Å²) in [4.78, 5) is 8.27. The van der Waals surface area contributed by atoms with E-state index in [-0.39, 0.29) is 17.9 Å². The van der Waals surface area contributed by atoms with Crippen molar-refractivity contribution >= 4 is 22.8 Å². The summed E-state index contributed by atoms with van der Waals surface area (Å²) < 4.78 is 14.9.